The number of nitrogens with one attached hydrogen (secondary N) is 1. The molecule has 1 heterocycles. The molecule has 0 fully saturated rings. The molecule has 10 heteroatoms. The fourth-order valence-corrected chi connectivity index (χ4v) is 3.59. The highest BCUT2D eigenvalue weighted by Crippen LogP contribution is 2.38. The Bertz CT molecular complexity index is 1030. The molecule has 0 bridgehead atoms. The summed E-state index contributed by atoms with van der Waals surface area (Å²) in [4.78, 5) is 17.1. The van der Waals surface area contributed by atoms with Crippen LogP contribution in [-0.2, 0) is 15.7 Å². The van der Waals surface area contributed by atoms with Gasteiger partial charge in [0, 0.05) is 10.0 Å². The van der Waals surface area contributed by atoms with E-state index >= 15 is 0 Å². The van der Waals surface area contributed by atoms with Crippen LogP contribution in [0.15, 0.2) is 53.0 Å². The fourth-order valence-electron chi connectivity index (χ4n) is 3.04. The summed E-state index contributed by atoms with van der Waals surface area (Å²) in [6.45, 7) is 1.67. The third-order valence-corrected chi connectivity index (χ3v) is 4.68. The number of hydrogen-bond acceptors (Lipinski definition) is 5. The van der Waals surface area contributed by atoms with E-state index in [2.05, 4.69) is 10.3 Å². The van der Waals surface area contributed by atoms with E-state index in [1.807, 2.05) is 0 Å². The highest BCUT2D eigenvalue weighted by molar-refractivity contribution is 6.34. The van der Waals surface area contributed by atoms with E-state index in [1.165, 1.54) is 18.2 Å². The monoisotopic (exact) mass is 457 g/mol. The van der Waals surface area contributed by atoms with E-state index in [-0.39, 0.29) is 29.4 Å². The summed E-state index contributed by atoms with van der Waals surface area (Å²) in [5.74, 6) is -0.841. The number of rotatable bonds is 4. The fraction of sp³-hybridized carbons (Fsp3) is 0.200. The Hall–Kier alpha value is -2.71. The smallest absolute Gasteiger partial charge is 0.416 e. The summed E-state index contributed by atoms with van der Waals surface area (Å²) in [6, 6.07) is 8.13. The van der Waals surface area contributed by atoms with E-state index in [0.717, 1.165) is 12.1 Å². The number of hydrogen-bond donors (Lipinski definition) is 2. The number of nitrogens with two attached hydrogens (primary N) is 1. The zero-order chi connectivity index (χ0) is 22.1. The number of esters is 1. The topological polar surface area (TPSA) is 76.7 Å². The number of ether oxygens (including phenoxy) is 1. The molecule has 3 rings (SSSR count). The van der Waals surface area contributed by atoms with Gasteiger partial charge < -0.3 is 15.8 Å². The number of carbonyl (C=O) groups excluding carboxylic acids is 1. The Morgan fingerprint density at radius 1 is 1.20 bits per heavy atom. The lowest BCUT2D eigenvalue weighted by molar-refractivity contribution is -0.139. The second kappa shape index (κ2) is 8.57. The third-order valence-electron chi connectivity index (χ3n) is 4.24. The summed E-state index contributed by atoms with van der Waals surface area (Å²) < 4.78 is 44.8. The largest absolute Gasteiger partial charge is 0.463 e. The lowest BCUT2D eigenvalue weighted by Gasteiger charge is -2.27. The minimum atomic E-state index is -4.56. The van der Waals surface area contributed by atoms with Gasteiger partial charge in [0.25, 0.3) is 0 Å². The summed E-state index contributed by atoms with van der Waals surface area (Å²) >= 11 is 12.2. The Morgan fingerprint density at radius 3 is 2.47 bits per heavy atom. The quantitative estimate of drug-likeness (QED) is 0.637. The van der Waals surface area contributed by atoms with Crippen LogP contribution in [-0.4, -0.2) is 18.5 Å². The van der Waals surface area contributed by atoms with Gasteiger partial charge in [0.2, 0.25) is 0 Å². The minimum Gasteiger partial charge on any atom is -0.463 e. The van der Waals surface area contributed by atoms with Crippen LogP contribution >= 0.6 is 23.2 Å². The van der Waals surface area contributed by atoms with Crippen molar-refractivity contribution in [3.05, 3.63) is 74.8 Å². The molecule has 1 aliphatic rings. The SMILES string of the molecule is CCOC(=O)C1=C(c2cccc(C(F)(F)F)c2)NC(N)=NC1c1cc(Cl)cc(Cl)c1. The summed E-state index contributed by atoms with van der Waals surface area (Å²) in [6.07, 6.45) is -4.56. The zero-order valence-electron chi connectivity index (χ0n) is 15.6. The van der Waals surface area contributed by atoms with Crippen LogP contribution in [0.4, 0.5) is 13.2 Å². The van der Waals surface area contributed by atoms with E-state index in [9.17, 15) is 18.0 Å². The molecule has 158 valence electrons. The molecule has 1 atom stereocenters. The van der Waals surface area contributed by atoms with Crippen LogP contribution in [0.3, 0.4) is 0 Å². The molecule has 0 radical (unpaired) electrons. The van der Waals surface area contributed by atoms with Gasteiger partial charge >= 0.3 is 12.1 Å². The van der Waals surface area contributed by atoms with Crippen molar-refractivity contribution >= 4 is 40.8 Å². The first kappa shape index (κ1) is 22.0. The molecule has 2 aromatic rings. The molecule has 3 N–H and O–H groups in total. The van der Waals surface area contributed by atoms with Crippen LogP contribution in [0.1, 0.15) is 29.7 Å². The van der Waals surface area contributed by atoms with Gasteiger partial charge in [-0.1, -0.05) is 35.3 Å². The van der Waals surface area contributed by atoms with Gasteiger partial charge in [-0.3, -0.25) is 0 Å². The number of aliphatic imine (C=N–C) groups is 1. The molecular weight excluding hydrogens is 442 g/mol. The van der Waals surface area contributed by atoms with Gasteiger partial charge in [-0.05, 0) is 48.4 Å². The summed E-state index contributed by atoms with van der Waals surface area (Å²) in [5, 5.41) is 3.30. The van der Waals surface area contributed by atoms with E-state index < -0.39 is 23.8 Å². The molecule has 1 unspecified atom stereocenters. The first-order valence-electron chi connectivity index (χ1n) is 8.75. The van der Waals surface area contributed by atoms with Crippen molar-refractivity contribution in [1.82, 2.24) is 5.32 Å². The summed E-state index contributed by atoms with van der Waals surface area (Å²) in [7, 11) is 0. The van der Waals surface area contributed by atoms with E-state index in [0.29, 0.717) is 15.6 Å². The number of nitrogens with zero attached hydrogens (tertiary/aromatic N) is 1. The van der Waals surface area contributed by atoms with Crippen LogP contribution in [0, 0.1) is 0 Å². The number of halogens is 5. The zero-order valence-corrected chi connectivity index (χ0v) is 17.1. The molecule has 30 heavy (non-hydrogen) atoms. The van der Waals surface area contributed by atoms with Crippen molar-refractivity contribution in [3.8, 4) is 0 Å². The van der Waals surface area contributed by atoms with Gasteiger partial charge in [0.15, 0.2) is 5.96 Å². The molecule has 0 amide bonds. The lowest BCUT2D eigenvalue weighted by Crippen LogP contribution is -2.37. The molecule has 0 aliphatic carbocycles. The van der Waals surface area contributed by atoms with Gasteiger partial charge in [0.05, 0.1) is 23.4 Å². The predicted molar refractivity (Wildman–Crippen MR) is 109 cm³/mol. The van der Waals surface area contributed by atoms with E-state index in [4.69, 9.17) is 33.7 Å². The predicted octanol–water partition coefficient (Wildman–Crippen LogP) is 4.95. The maximum atomic E-state index is 13.2. The number of benzene rings is 2. The molecule has 0 saturated carbocycles. The number of alkyl halides is 3. The minimum absolute atomic E-state index is 0.0105. The lowest BCUT2D eigenvalue weighted by atomic mass is 9.93. The normalized spacial score (nSPS) is 16.7. The molecule has 2 aromatic carbocycles. The van der Waals surface area contributed by atoms with Crippen LogP contribution in [0.2, 0.25) is 10.0 Å². The first-order chi connectivity index (χ1) is 14.1. The second-order valence-corrected chi connectivity index (χ2v) is 7.21. The van der Waals surface area contributed by atoms with Gasteiger partial charge in [-0.15, -0.1) is 0 Å². The van der Waals surface area contributed by atoms with Crippen LogP contribution in [0.5, 0.6) is 0 Å². The Kier molecular flexibility index (Phi) is 6.28. The standard InChI is InChI=1S/C20H16Cl2F3N3O2/c1-2-30-18(29)15-16(10-4-3-5-12(6-10)20(23,24)25)27-19(26)28-17(15)11-7-13(21)9-14(22)8-11/h3-9,17H,2H2,1H3,(H3,26,27,28). The Balaban J connectivity index is 2.24. The highest BCUT2D eigenvalue weighted by atomic mass is 35.5. The molecule has 0 aromatic heterocycles. The first-order valence-corrected chi connectivity index (χ1v) is 9.51. The maximum absolute atomic E-state index is 13.2. The van der Waals surface area contributed by atoms with Gasteiger partial charge in [-0.2, -0.15) is 13.2 Å². The van der Waals surface area contributed by atoms with E-state index in [1.54, 1.807) is 19.1 Å². The molecule has 0 saturated heterocycles. The highest BCUT2D eigenvalue weighted by Gasteiger charge is 2.34. The molecule has 1 aliphatic heterocycles. The van der Waals surface area contributed by atoms with Crippen molar-refractivity contribution in [2.24, 2.45) is 10.7 Å². The van der Waals surface area contributed by atoms with Gasteiger partial charge in [-0.25, -0.2) is 9.79 Å². The van der Waals surface area contributed by atoms with Crippen molar-refractivity contribution in [3.63, 3.8) is 0 Å². The average molecular weight is 458 g/mol. The van der Waals surface area contributed by atoms with Crippen molar-refractivity contribution in [1.29, 1.82) is 0 Å². The number of guanidine groups is 1. The van der Waals surface area contributed by atoms with Crippen LogP contribution < -0.4 is 11.1 Å². The Labute approximate surface area is 180 Å². The van der Waals surface area contributed by atoms with Gasteiger partial charge in [0.1, 0.15) is 6.04 Å². The number of carbonyl (C=O) groups is 1. The third kappa shape index (κ3) is 4.71. The molecular formula is C20H16Cl2F3N3O2. The van der Waals surface area contributed by atoms with Crippen LogP contribution in [0.25, 0.3) is 5.70 Å². The maximum Gasteiger partial charge on any atom is 0.416 e. The average Bonchev–Trinajstić information content (AvgIpc) is 2.66. The molecule has 0 spiro atoms. The van der Waals surface area contributed by atoms with Crippen molar-refractivity contribution in [2.75, 3.05) is 6.61 Å². The van der Waals surface area contributed by atoms with Crippen molar-refractivity contribution in [2.45, 2.75) is 19.1 Å². The Morgan fingerprint density at radius 2 is 1.87 bits per heavy atom. The second-order valence-electron chi connectivity index (χ2n) is 6.33. The summed E-state index contributed by atoms with van der Waals surface area (Å²) in [5.41, 5.74) is 5.60. The molecule has 5 nitrogen and oxygen atoms in total. The van der Waals surface area contributed by atoms with Crippen molar-refractivity contribution < 1.29 is 22.7 Å².